The van der Waals surface area contributed by atoms with E-state index < -0.39 is 0 Å². The van der Waals surface area contributed by atoms with Gasteiger partial charge < -0.3 is 4.90 Å². The molecule has 0 radical (unpaired) electrons. The van der Waals surface area contributed by atoms with Crippen LogP contribution < -0.4 is 4.90 Å². The van der Waals surface area contributed by atoms with Crippen LogP contribution in [0.2, 0.25) is 5.15 Å². The third kappa shape index (κ3) is 2.10. The largest absolute Gasteiger partial charge is 0.355 e. The van der Waals surface area contributed by atoms with E-state index in [1.165, 1.54) is 12.7 Å². The Kier molecular flexibility index (Phi) is 3.25. The first-order valence-corrected chi connectivity index (χ1v) is 5.75. The number of nitrogens with zero attached hydrogens (tertiary/aromatic N) is 4. The highest BCUT2D eigenvalue weighted by molar-refractivity contribution is 6.30. The van der Waals surface area contributed by atoms with Crippen molar-refractivity contribution in [3.8, 4) is 6.07 Å². The predicted octanol–water partition coefficient (Wildman–Crippen LogP) is 2.24. The SMILES string of the molecule is CC1CCCN(c2ncnc(Cl)c2C#N)C1. The Morgan fingerprint density at radius 1 is 1.56 bits per heavy atom. The molecule has 1 atom stereocenters. The molecule has 1 aliphatic heterocycles. The van der Waals surface area contributed by atoms with Gasteiger partial charge in [-0.05, 0) is 18.8 Å². The fraction of sp³-hybridized carbons (Fsp3) is 0.545. The summed E-state index contributed by atoms with van der Waals surface area (Å²) in [6.07, 6.45) is 3.78. The molecule has 1 saturated heterocycles. The summed E-state index contributed by atoms with van der Waals surface area (Å²) in [4.78, 5) is 10.1. The van der Waals surface area contributed by atoms with Crippen LogP contribution in [-0.4, -0.2) is 23.1 Å². The zero-order valence-corrected chi connectivity index (χ0v) is 9.91. The van der Waals surface area contributed by atoms with E-state index in [4.69, 9.17) is 16.9 Å². The quantitative estimate of drug-likeness (QED) is 0.702. The maximum atomic E-state index is 9.05. The van der Waals surface area contributed by atoms with Crippen molar-refractivity contribution in [1.82, 2.24) is 9.97 Å². The minimum atomic E-state index is 0.241. The standard InChI is InChI=1S/C11H13ClN4/c1-8-3-2-4-16(6-8)11-9(5-13)10(12)14-7-15-11/h7-8H,2-4,6H2,1H3. The van der Waals surface area contributed by atoms with Gasteiger partial charge in [-0.3, -0.25) is 0 Å². The number of anilines is 1. The molecule has 1 unspecified atom stereocenters. The number of hydrogen-bond acceptors (Lipinski definition) is 4. The molecule has 0 aromatic carbocycles. The monoisotopic (exact) mass is 236 g/mol. The lowest BCUT2D eigenvalue weighted by atomic mass is 10.00. The summed E-state index contributed by atoms with van der Waals surface area (Å²) in [6, 6.07) is 2.08. The average molecular weight is 237 g/mol. The van der Waals surface area contributed by atoms with Crippen LogP contribution >= 0.6 is 11.6 Å². The van der Waals surface area contributed by atoms with Crippen LogP contribution in [0.4, 0.5) is 5.82 Å². The highest BCUT2D eigenvalue weighted by atomic mass is 35.5. The summed E-state index contributed by atoms with van der Waals surface area (Å²) in [5.74, 6) is 1.31. The number of hydrogen-bond donors (Lipinski definition) is 0. The van der Waals surface area contributed by atoms with Gasteiger partial charge in [0.05, 0.1) is 0 Å². The van der Waals surface area contributed by atoms with Crippen LogP contribution in [0, 0.1) is 17.2 Å². The molecule has 84 valence electrons. The molecule has 2 heterocycles. The van der Waals surface area contributed by atoms with E-state index >= 15 is 0 Å². The number of nitriles is 1. The van der Waals surface area contributed by atoms with E-state index in [2.05, 4.69) is 27.9 Å². The molecule has 5 heteroatoms. The van der Waals surface area contributed by atoms with Gasteiger partial charge in [-0.2, -0.15) is 5.26 Å². The van der Waals surface area contributed by atoms with Gasteiger partial charge in [0.25, 0.3) is 0 Å². The third-order valence-electron chi connectivity index (χ3n) is 2.85. The van der Waals surface area contributed by atoms with Crippen LogP contribution in [0.5, 0.6) is 0 Å². The molecule has 0 bridgehead atoms. The van der Waals surface area contributed by atoms with Crippen molar-refractivity contribution in [2.24, 2.45) is 5.92 Å². The first-order chi connectivity index (χ1) is 7.72. The lowest BCUT2D eigenvalue weighted by Crippen LogP contribution is -2.35. The second kappa shape index (κ2) is 4.67. The molecule has 0 N–H and O–H groups in total. The lowest BCUT2D eigenvalue weighted by molar-refractivity contribution is 0.444. The highest BCUT2D eigenvalue weighted by Crippen LogP contribution is 2.26. The van der Waals surface area contributed by atoms with Crippen molar-refractivity contribution in [2.75, 3.05) is 18.0 Å². The molecular weight excluding hydrogens is 224 g/mol. The van der Waals surface area contributed by atoms with Crippen LogP contribution in [0.1, 0.15) is 25.3 Å². The lowest BCUT2D eigenvalue weighted by Gasteiger charge is -2.32. The number of piperidine rings is 1. The topological polar surface area (TPSA) is 52.8 Å². The zero-order chi connectivity index (χ0) is 11.5. The van der Waals surface area contributed by atoms with Gasteiger partial charge in [0.2, 0.25) is 0 Å². The molecule has 0 amide bonds. The average Bonchev–Trinajstić information content (AvgIpc) is 2.28. The number of rotatable bonds is 1. The summed E-state index contributed by atoms with van der Waals surface area (Å²) >= 11 is 5.88. The van der Waals surface area contributed by atoms with E-state index in [0.717, 1.165) is 19.5 Å². The van der Waals surface area contributed by atoms with Gasteiger partial charge in [-0.25, -0.2) is 9.97 Å². The van der Waals surface area contributed by atoms with Crippen LogP contribution in [-0.2, 0) is 0 Å². The van der Waals surface area contributed by atoms with Crippen LogP contribution in [0.25, 0.3) is 0 Å². The van der Waals surface area contributed by atoms with Gasteiger partial charge in [-0.1, -0.05) is 18.5 Å². The molecule has 4 nitrogen and oxygen atoms in total. The normalized spacial score (nSPS) is 20.6. The molecular formula is C11H13ClN4. The Bertz CT molecular complexity index is 426. The molecule has 2 rings (SSSR count). The van der Waals surface area contributed by atoms with Crippen molar-refractivity contribution >= 4 is 17.4 Å². The molecule has 1 aromatic heterocycles. The summed E-state index contributed by atoms with van der Waals surface area (Å²) in [5.41, 5.74) is 0.387. The second-order valence-electron chi connectivity index (χ2n) is 4.17. The summed E-state index contributed by atoms with van der Waals surface area (Å²) < 4.78 is 0. The summed E-state index contributed by atoms with van der Waals surface area (Å²) in [5, 5.41) is 9.30. The molecule has 0 spiro atoms. The fourth-order valence-electron chi connectivity index (χ4n) is 2.07. The Labute approximate surface area is 99.9 Å². The number of aromatic nitrogens is 2. The Hall–Kier alpha value is -1.34. The third-order valence-corrected chi connectivity index (χ3v) is 3.14. The molecule has 0 aliphatic carbocycles. The van der Waals surface area contributed by atoms with E-state index in [-0.39, 0.29) is 5.15 Å². The molecule has 1 aromatic rings. The maximum absolute atomic E-state index is 9.05. The highest BCUT2D eigenvalue weighted by Gasteiger charge is 2.21. The van der Waals surface area contributed by atoms with Gasteiger partial charge in [0.1, 0.15) is 18.0 Å². The summed E-state index contributed by atoms with van der Waals surface area (Å²) in [7, 11) is 0. The maximum Gasteiger partial charge on any atom is 0.152 e. The van der Waals surface area contributed by atoms with Gasteiger partial charge >= 0.3 is 0 Å². The summed E-state index contributed by atoms with van der Waals surface area (Å²) in [6.45, 7) is 4.08. The smallest absolute Gasteiger partial charge is 0.152 e. The van der Waals surface area contributed by atoms with Crippen LogP contribution in [0.15, 0.2) is 6.33 Å². The predicted molar refractivity (Wildman–Crippen MR) is 62.4 cm³/mol. The minimum Gasteiger partial charge on any atom is -0.355 e. The van der Waals surface area contributed by atoms with Crippen molar-refractivity contribution < 1.29 is 0 Å². The van der Waals surface area contributed by atoms with E-state index in [1.54, 1.807) is 0 Å². The first kappa shape index (κ1) is 11.2. The van der Waals surface area contributed by atoms with E-state index in [1.807, 2.05) is 0 Å². The van der Waals surface area contributed by atoms with E-state index in [0.29, 0.717) is 17.3 Å². The first-order valence-electron chi connectivity index (χ1n) is 5.38. The Balaban J connectivity index is 2.33. The fourth-order valence-corrected chi connectivity index (χ4v) is 2.24. The zero-order valence-electron chi connectivity index (χ0n) is 9.15. The number of halogens is 1. The van der Waals surface area contributed by atoms with Crippen molar-refractivity contribution in [1.29, 1.82) is 5.26 Å². The van der Waals surface area contributed by atoms with Crippen molar-refractivity contribution in [3.63, 3.8) is 0 Å². The van der Waals surface area contributed by atoms with Gasteiger partial charge in [0.15, 0.2) is 11.0 Å². The van der Waals surface area contributed by atoms with E-state index in [9.17, 15) is 0 Å². The molecule has 0 saturated carbocycles. The van der Waals surface area contributed by atoms with Crippen molar-refractivity contribution in [3.05, 3.63) is 17.0 Å². The molecule has 1 aliphatic rings. The van der Waals surface area contributed by atoms with Gasteiger partial charge in [0, 0.05) is 13.1 Å². The molecule has 1 fully saturated rings. The van der Waals surface area contributed by atoms with Crippen molar-refractivity contribution in [2.45, 2.75) is 19.8 Å². The van der Waals surface area contributed by atoms with Gasteiger partial charge in [-0.15, -0.1) is 0 Å². The molecule has 16 heavy (non-hydrogen) atoms. The minimum absolute atomic E-state index is 0.241. The van der Waals surface area contributed by atoms with Crippen LogP contribution in [0.3, 0.4) is 0 Å². The second-order valence-corrected chi connectivity index (χ2v) is 4.53. The Morgan fingerprint density at radius 2 is 2.38 bits per heavy atom. The Morgan fingerprint density at radius 3 is 3.06 bits per heavy atom.